The van der Waals surface area contributed by atoms with Gasteiger partial charge in [-0.15, -0.1) is 0 Å². The van der Waals surface area contributed by atoms with Crippen LogP contribution in [0.4, 0.5) is 10.1 Å². The van der Waals surface area contributed by atoms with Crippen LogP contribution in [0.1, 0.15) is 34.6 Å². The molecule has 0 atom stereocenters. The molecule has 0 aliphatic heterocycles. The van der Waals surface area contributed by atoms with Crippen LogP contribution in [-0.2, 0) is 0 Å². The second kappa shape index (κ2) is 8.48. The Morgan fingerprint density at radius 2 is 1.60 bits per heavy atom. The van der Waals surface area contributed by atoms with Crippen LogP contribution in [0.3, 0.4) is 0 Å². The van der Waals surface area contributed by atoms with Crippen LogP contribution in [0.25, 0.3) is 0 Å². The van der Waals surface area contributed by atoms with Gasteiger partial charge in [0.05, 0.1) is 10.6 Å². The van der Waals surface area contributed by atoms with Gasteiger partial charge in [0.1, 0.15) is 5.82 Å². The van der Waals surface area contributed by atoms with Gasteiger partial charge < -0.3 is 4.90 Å². The largest absolute Gasteiger partial charge is 0.372 e. The Bertz CT molecular complexity index is 741. The fraction of sp³-hybridized carbons (Fsp3) is 0.222. The van der Waals surface area contributed by atoms with Crippen LogP contribution in [0.15, 0.2) is 42.5 Å². The summed E-state index contributed by atoms with van der Waals surface area (Å²) in [6.45, 7) is 5.82. The molecule has 0 bridgehead atoms. The monoisotopic (exact) mass is 363 g/mol. The molecule has 2 N–H and O–H groups in total. The van der Waals surface area contributed by atoms with Crippen molar-refractivity contribution in [3.05, 3.63) is 64.4 Å². The van der Waals surface area contributed by atoms with Crippen molar-refractivity contribution in [3.63, 3.8) is 0 Å². The minimum Gasteiger partial charge on any atom is -0.372 e. The van der Waals surface area contributed by atoms with E-state index < -0.39 is 17.6 Å². The summed E-state index contributed by atoms with van der Waals surface area (Å²) in [6, 6.07) is 10.9. The zero-order valence-electron chi connectivity index (χ0n) is 14.0. The third kappa shape index (κ3) is 4.48. The van der Waals surface area contributed by atoms with Crippen LogP contribution >= 0.6 is 11.6 Å². The van der Waals surface area contributed by atoms with E-state index in [1.54, 1.807) is 12.1 Å². The van der Waals surface area contributed by atoms with Crippen molar-refractivity contribution in [2.75, 3.05) is 18.0 Å². The zero-order chi connectivity index (χ0) is 18.4. The lowest BCUT2D eigenvalue weighted by molar-refractivity contribution is 0.0844. The van der Waals surface area contributed by atoms with Crippen LogP contribution in [0.2, 0.25) is 5.02 Å². The van der Waals surface area contributed by atoms with Gasteiger partial charge in [0.2, 0.25) is 0 Å². The van der Waals surface area contributed by atoms with Crippen molar-refractivity contribution in [2.24, 2.45) is 0 Å². The van der Waals surface area contributed by atoms with Crippen LogP contribution in [0.5, 0.6) is 0 Å². The fourth-order valence-electron chi connectivity index (χ4n) is 2.38. The number of hydrogen-bond donors (Lipinski definition) is 2. The van der Waals surface area contributed by atoms with Gasteiger partial charge in [-0.25, -0.2) is 4.39 Å². The Kier molecular flexibility index (Phi) is 6.36. The number of anilines is 1. The molecule has 0 spiro atoms. The first kappa shape index (κ1) is 18.7. The van der Waals surface area contributed by atoms with E-state index in [2.05, 4.69) is 15.8 Å². The first-order chi connectivity index (χ1) is 12.0. The van der Waals surface area contributed by atoms with Crippen LogP contribution in [0, 0.1) is 5.82 Å². The molecule has 5 nitrogen and oxygen atoms in total. The van der Waals surface area contributed by atoms with Gasteiger partial charge in [-0.1, -0.05) is 17.7 Å². The standard InChI is InChI=1S/C18H19ClFN3O2/c1-3-23(4-2)13-10-8-12(9-11-13)17(24)21-22-18(25)16-14(19)6-5-7-15(16)20/h5-11H,3-4H2,1-2H3,(H,21,24)(H,22,25). The van der Waals surface area contributed by atoms with E-state index in [0.717, 1.165) is 24.8 Å². The molecule has 0 fully saturated rings. The van der Waals surface area contributed by atoms with E-state index >= 15 is 0 Å². The van der Waals surface area contributed by atoms with E-state index in [1.165, 1.54) is 12.1 Å². The van der Waals surface area contributed by atoms with E-state index in [-0.39, 0.29) is 10.6 Å². The van der Waals surface area contributed by atoms with E-state index in [1.807, 2.05) is 26.0 Å². The lowest BCUT2D eigenvalue weighted by Crippen LogP contribution is -2.42. The quantitative estimate of drug-likeness (QED) is 0.800. The average Bonchev–Trinajstić information content (AvgIpc) is 2.61. The van der Waals surface area contributed by atoms with E-state index in [4.69, 9.17) is 11.6 Å². The molecule has 0 aromatic heterocycles. The van der Waals surface area contributed by atoms with Gasteiger partial charge in [-0.3, -0.25) is 20.4 Å². The van der Waals surface area contributed by atoms with Gasteiger partial charge in [-0.05, 0) is 50.2 Å². The lowest BCUT2D eigenvalue weighted by Gasteiger charge is -2.21. The van der Waals surface area contributed by atoms with Gasteiger partial charge in [-0.2, -0.15) is 0 Å². The molecule has 2 amide bonds. The average molecular weight is 364 g/mol. The molecule has 0 heterocycles. The number of benzene rings is 2. The number of hydrazine groups is 1. The van der Waals surface area contributed by atoms with E-state index in [0.29, 0.717) is 5.56 Å². The molecule has 132 valence electrons. The maximum atomic E-state index is 13.7. The summed E-state index contributed by atoms with van der Waals surface area (Å²) >= 11 is 5.81. The topological polar surface area (TPSA) is 61.4 Å². The predicted molar refractivity (Wildman–Crippen MR) is 96.3 cm³/mol. The number of hydrogen-bond acceptors (Lipinski definition) is 3. The third-order valence-electron chi connectivity index (χ3n) is 3.74. The van der Waals surface area contributed by atoms with Crippen molar-refractivity contribution in [3.8, 4) is 0 Å². The molecule has 0 aliphatic carbocycles. The molecule has 0 saturated carbocycles. The van der Waals surface area contributed by atoms with Gasteiger partial charge in [0.15, 0.2) is 0 Å². The Morgan fingerprint density at radius 1 is 1.00 bits per heavy atom. The van der Waals surface area contributed by atoms with Crippen LogP contribution in [-0.4, -0.2) is 24.9 Å². The SMILES string of the molecule is CCN(CC)c1ccc(C(=O)NNC(=O)c2c(F)cccc2Cl)cc1. The summed E-state index contributed by atoms with van der Waals surface area (Å²) in [6.07, 6.45) is 0. The molecule has 25 heavy (non-hydrogen) atoms. The second-order valence-corrected chi connectivity index (χ2v) is 5.63. The van der Waals surface area contributed by atoms with Crippen molar-refractivity contribution >= 4 is 29.1 Å². The molecular weight excluding hydrogens is 345 g/mol. The first-order valence-corrected chi connectivity index (χ1v) is 8.25. The van der Waals surface area contributed by atoms with Crippen molar-refractivity contribution < 1.29 is 14.0 Å². The van der Waals surface area contributed by atoms with Gasteiger partial charge in [0.25, 0.3) is 11.8 Å². The summed E-state index contributed by atoms with van der Waals surface area (Å²) in [4.78, 5) is 26.2. The first-order valence-electron chi connectivity index (χ1n) is 7.87. The zero-order valence-corrected chi connectivity index (χ0v) is 14.7. The Balaban J connectivity index is 2.01. The van der Waals surface area contributed by atoms with Crippen molar-refractivity contribution in [1.82, 2.24) is 10.9 Å². The molecule has 0 unspecified atom stereocenters. The van der Waals surface area contributed by atoms with Gasteiger partial charge in [0, 0.05) is 24.3 Å². The summed E-state index contributed by atoms with van der Waals surface area (Å²) in [5, 5.41) is -0.0321. The maximum absolute atomic E-state index is 13.7. The molecule has 0 radical (unpaired) electrons. The minimum atomic E-state index is -0.823. The highest BCUT2D eigenvalue weighted by Gasteiger charge is 2.16. The third-order valence-corrected chi connectivity index (χ3v) is 4.05. The smallest absolute Gasteiger partial charge is 0.274 e. The predicted octanol–water partition coefficient (Wildman–Crippen LogP) is 3.40. The molecule has 2 rings (SSSR count). The Labute approximate surface area is 150 Å². The Hall–Kier alpha value is -2.60. The fourth-order valence-corrected chi connectivity index (χ4v) is 2.62. The maximum Gasteiger partial charge on any atom is 0.274 e. The summed E-state index contributed by atoms with van der Waals surface area (Å²) in [5.74, 6) is -2.09. The highest BCUT2D eigenvalue weighted by molar-refractivity contribution is 6.33. The number of rotatable bonds is 5. The number of nitrogens with one attached hydrogen (secondary N) is 2. The normalized spacial score (nSPS) is 10.2. The van der Waals surface area contributed by atoms with Gasteiger partial charge >= 0.3 is 0 Å². The summed E-state index contributed by atoms with van der Waals surface area (Å²) in [5.41, 5.74) is 5.47. The van der Waals surface area contributed by atoms with Crippen molar-refractivity contribution in [2.45, 2.75) is 13.8 Å². The molecule has 2 aromatic rings. The van der Waals surface area contributed by atoms with E-state index in [9.17, 15) is 14.0 Å². The molecule has 0 saturated heterocycles. The van der Waals surface area contributed by atoms with Crippen molar-refractivity contribution in [1.29, 1.82) is 0 Å². The highest BCUT2D eigenvalue weighted by atomic mass is 35.5. The summed E-state index contributed by atoms with van der Waals surface area (Å²) < 4.78 is 13.7. The molecule has 2 aromatic carbocycles. The molecule has 0 aliphatic rings. The highest BCUT2D eigenvalue weighted by Crippen LogP contribution is 2.18. The van der Waals surface area contributed by atoms with Crippen LogP contribution < -0.4 is 15.8 Å². The number of nitrogens with zero attached hydrogens (tertiary/aromatic N) is 1. The number of carbonyl (C=O) groups excluding carboxylic acids is 2. The number of amides is 2. The Morgan fingerprint density at radius 3 is 2.16 bits per heavy atom. The second-order valence-electron chi connectivity index (χ2n) is 5.22. The molecule has 7 heteroatoms. The number of halogens is 2. The molecular formula is C18H19ClFN3O2. The minimum absolute atomic E-state index is 0.0321. The number of carbonyl (C=O) groups is 2. The lowest BCUT2D eigenvalue weighted by atomic mass is 10.2. The summed E-state index contributed by atoms with van der Waals surface area (Å²) in [7, 11) is 0.